The monoisotopic (exact) mass is 280 g/mol. The van der Waals surface area contributed by atoms with E-state index in [4.69, 9.17) is 5.26 Å². The Labute approximate surface area is 122 Å². The van der Waals surface area contributed by atoms with Crippen LogP contribution in [0.4, 0.5) is 0 Å². The average molecular weight is 280 g/mol. The lowest BCUT2D eigenvalue weighted by Crippen LogP contribution is -2.57. The van der Waals surface area contributed by atoms with Crippen LogP contribution in [0.5, 0.6) is 0 Å². The van der Waals surface area contributed by atoms with Crippen LogP contribution in [0.1, 0.15) is 40.0 Å². The van der Waals surface area contributed by atoms with Crippen LogP contribution in [0, 0.1) is 16.7 Å². The van der Waals surface area contributed by atoms with E-state index in [1.54, 1.807) is 0 Å². The number of amides is 1. The van der Waals surface area contributed by atoms with Crippen LogP contribution in [0.25, 0.3) is 0 Å². The SMILES string of the molecule is CCNC(=O)C1CNCCN1CCCCC(C)(C)C#N. The fourth-order valence-electron chi connectivity index (χ4n) is 2.50. The van der Waals surface area contributed by atoms with E-state index in [-0.39, 0.29) is 17.4 Å². The largest absolute Gasteiger partial charge is 0.355 e. The van der Waals surface area contributed by atoms with Crippen molar-refractivity contribution in [3.63, 3.8) is 0 Å². The predicted octanol–water partition coefficient (Wildman–Crippen LogP) is 1.12. The Bertz CT molecular complexity index is 348. The smallest absolute Gasteiger partial charge is 0.238 e. The second-order valence-corrected chi connectivity index (χ2v) is 6.10. The average Bonchev–Trinajstić information content (AvgIpc) is 2.44. The molecule has 1 amide bonds. The molecule has 0 bridgehead atoms. The lowest BCUT2D eigenvalue weighted by atomic mass is 9.89. The molecule has 2 N–H and O–H groups in total. The third-order valence-electron chi connectivity index (χ3n) is 3.81. The van der Waals surface area contributed by atoms with Crippen molar-refractivity contribution in [2.45, 2.75) is 46.1 Å². The van der Waals surface area contributed by atoms with Gasteiger partial charge in [0.2, 0.25) is 5.91 Å². The van der Waals surface area contributed by atoms with Gasteiger partial charge in [0.1, 0.15) is 6.04 Å². The molecule has 1 rings (SSSR count). The van der Waals surface area contributed by atoms with Gasteiger partial charge in [0.15, 0.2) is 0 Å². The van der Waals surface area contributed by atoms with Crippen molar-refractivity contribution in [1.82, 2.24) is 15.5 Å². The number of carbonyl (C=O) groups excluding carboxylic acids is 1. The summed E-state index contributed by atoms with van der Waals surface area (Å²) in [5.74, 6) is 0.122. The Kier molecular flexibility index (Phi) is 6.97. The van der Waals surface area contributed by atoms with Crippen LogP contribution in [0.2, 0.25) is 0 Å². The molecule has 0 saturated carbocycles. The highest BCUT2D eigenvalue weighted by molar-refractivity contribution is 5.82. The number of unbranched alkanes of at least 4 members (excludes halogenated alkanes) is 1. The van der Waals surface area contributed by atoms with E-state index < -0.39 is 0 Å². The number of nitrogens with zero attached hydrogens (tertiary/aromatic N) is 2. The number of carbonyl (C=O) groups is 1. The normalized spacial score (nSPS) is 20.4. The van der Waals surface area contributed by atoms with Gasteiger partial charge in [0.05, 0.1) is 11.5 Å². The molecule has 0 spiro atoms. The Morgan fingerprint density at radius 1 is 1.50 bits per heavy atom. The number of nitriles is 1. The first-order chi connectivity index (χ1) is 9.50. The number of likely N-dealkylation sites (N-methyl/N-ethyl adjacent to an activating group) is 1. The molecule has 0 aromatic rings. The summed E-state index contributed by atoms with van der Waals surface area (Å²) < 4.78 is 0. The molecule has 1 fully saturated rings. The van der Waals surface area contributed by atoms with Crippen LogP contribution in [-0.4, -0.2) is 49.6 Å². The molecule has 1 heterocycles. The highest BCUT2D eigenvalue weighted by atomic mass is 16.2. The molecule has 114 valence electrons. The van der Waals surface area contributed by atoms with Gasteiger partial charge in [-0.25, -0.2) is 0 Å². The topological polar surface area (TPSA) is 68.2 Å². The van der Waals surface area contributed by atoms with Crippen LogP contribution in [0.3, 0.4) is 0 Å². The molecule has 0 radical (unpaired) electrons. The fraction of sp³-hybridized carbons (Fsp3) is 0.867. The van der Waals surface area contributed by atoms with Crippen molar-refractivity contribution in [1.29, 1.82) is 5.26 Å². The second kappa shape index (κ2) is 8.23. The Balaban J connectivity index is 2.36. The molecule has 1 unspecified atom stereocenters. The zero-order valence-electron chi connectivity index (χ0n) is 13.0. The molecule has 0 aliphatic carbocycles. The van der Waals surface area contributed by atoms with Gasteiger partial charge < -0.3 is 10.6 Å². The molecule has 1 saturated heterocycles. The molecule has 0 aromatic carbocycles. The number of nitrogens with one attached hydrogen (secondary N) is 2. The first-order valence-corrected chi connectivity index (χ1v) is 7.64. The lowest BCUT2D eigenvalue weighted by Gasteiger charge is -2.35. The minimum absolute atomic E-state index is 0.0484. The number of piperazine rings is 1. The lowest BCUT2D eigenvalue weighted by molar-refractivity contribution is -0.127. The molecule has 5 heteroatoms. The van der Waals surface area contributed by atoms with Crippen molar-refractivity contribution in [2.24, 2.45) is 5.41 Å². The van der Waals surface area contributed by atoms with Gasteiger partial charge in [-0.05, 0) is 40.2 Å². The molecule has 0 aromatic heterocycles. The zero-order chi connectivity index (χ0) is 15.0. The van der Waals surface area contributed by atoms with Gasteiger partial charge in [0, 0.05) is 26.2 Å². The van der Waals surface area contributed by atoms with Crippen molar-refractivity contribution >= 4 is 5.91 Å². The van der Waals surface area contributed by atoms with Gasteiger partial charge >= 0.3 is 0 Å². The van der Waals surface area contributed by atoms with Crippen molar-refractivity contribution in [2.75, 3.05) is 32.7 Å². The van der Waals surface area contributed by atoms with E-state index in [9.17, 15) is 4.79 Å². The second-order valence-electron chi connectivity index (χ2n) is 6.10. The molecule has 20 heavy (non-hydrogen) atoms. The first kappa shape index (κ1) is 16.9. The minimum atomic E-state index is -0.234. The molecular weight excluding hydrogens is 252 g/mol. The molecular formula is C15H28N4O. The van der Waals surface area contributed by atoms with Gasteiger partial charge in [-0.15, -0.1) is 0 Å². The first-order valence-electron chi connectivity index (χ1n) is 7.64. The number of rotatable bonds is 7. The Morgan fingerprint density at radius 2 is 2.25 bits per heavy atom. The van der Waals surface area contributed by atoms with E-state index in [0.717, 1.165) is 45.4 Å². The van der Waals surface area contributed by atoms with Gasteiger partial charge in [-0.3, -0.25) is 9.69 Å². The maximum Gasteiger partial charge on any atom is 0.238 e. The predicted molar refractivity (Wildman–Crippen MR) is 80.2 cm³/mol. The maximum absolute atomic E-state index is 12.0. The van der Waals surface area contributed by atoms with E-state index in [0.29, 0.717) is 6.54 Å². The summed E-state index contributed by atoms with van der Waals surface area (Å²) in [6, 6.07) is 2.29. The Hall–Kier alpha value is -1.12. The molecule has 1 aliphatic rings. The van der Waals surface area contributed by atoms with E-state index in [1.165, 1.54) is 0 Å². The fourth-order valence-corrected chi connectivity index (χ4v) is 2.50. The summed E-state index contributed by atoms with van der Waals surface area (Å²) in [6.45, 7) is 10.1. The van der Waals surface area contributed by atoms with Crippen LogP contribution < -0.4 is 10.6 Å². The summed E-state index contributed by atoms with van der Waals surface area (Å²) in [6.07, 6.45) is 3.00. The highest BCUT2D eigenvalue weighted by Gasteiger charge is 2.27. The van der Waals surface area contributed by atoms with Gasteiger partial charge in [0.25, 0.3) is 0 Å². The standard InChI is InChI=1S/C15H28N4O/c1-4-18-14(20)13-11-17-8-10-19(13)9-6-5-7-15(2,3)12-16/h13,17H,4-11H2,1-3H3,(H,18,20). The van der Waals surface area contributed by atoms with Crippen molar-refractivity contribution in [3.8, 4) is 6.07 Å². The van der Waals surface area contributed by atoms with Gasteiger partial charge in [-0.2, -0.15) is 5.26 Å². The van der Waals surface area contributed by atoms with Crippen LogP contribution in [0.15, 0.2) is 0 Å². The van der Waals surface area contributed by atoms with Crippen molar-refractivity contribution in [3.05, 3.63) is 0 Å². The number of hydrogen-bond donors (Lipinski definition) is 2. The Morgan fingerprint density at radius 3 is 2.90 bits per heavy atom. The summed E-state index contributed by atoms with van der Waals surface area (Å²) in [5, 5.41) is 15.2. The highest BCUT2D eigenvalue weighted by Crippen LogP contribution is 2.21. The van der Waals surface area contributed by atoms with E-state index in [1.807, 2.05) is 20.8 Å². The van der Waals surface area contributed by atoms with E-state index >= 15 is 0 Å². The summed E-state index contributed by atoms with van der Waals surface area (Å²) >= 11 is 0. The quantitative estimate of drug-likeness (QED) is 0.686. The summed E-state index contributed by atoms with van der Waals surface area (Å²) in [7, 11) is 0. The summed E-state index contributed by atoms with van der Waals surface area (Å²) in [4.78, 5) is 14.3. The minimum Gasteiger partial charge on any atom is -0.355 e. The molecule has 1 atom stereocenters. The van der Waals surface area contributed by atoms with Crippen LogP contribution in [-0.2, 0) is 4.79 Å². The van der Waals surface area contributed by atoms with Crippen LogP contribution >= 0.6 is 0 Å². The van der Waals surface area contributed by atoms with E-state index in [2.05, 4.69) is 21.6 Å². The maximum atomic E-state index is 12.0. The third-order valence-corrected chi connectivity index (χ3v) is 3.81. The summed E-state index contributed by atoms with van der Waals surface area (Å²) in [5.41, 5.74) is -0.234. The zero-order valence-corrected chi connectivity index (χ0v) is 13.0. The van der Waals surface area contributed by atoms with Gasteiger partial charge in [-0.1, -0.05) is 6.42 Å². The molecule has 1 aliphatic heterocycles. The third kappa shape index (κ3) is 5.48. The van der Waals surface area contributed by atoms with Crippen molar-refractivity contribution < 1.29 is 4.79 Å². The molecule has 5 nitrogen and oxygen atoms in total. The number of hydrogen-bond acceptors (Lipinski definition) is 4.